The molecule has 0 unspecified atom stereocenters. The minimum Gasteiger partial charge on any atom is -0.369 e. The van der Waals surface area contributed by atoms with Gasteiger partial charge in [-0.1, -0.05) is 12.1 Å². The summed E-state index contributed by atoms with van der Waals surface area (Å²) in [6, 6.07) is 9.18. The van der Waals surface area contributed by atoms with Crippen LogP contribution in [0.15, 0.2) is 40.9 Å². The summed E-state index contributed by atoms with van der Waals surface area (Å²) in [5.41, 5.74) is 7.79. The fourth-order valence-electron chi connectivity index (χ4n) is 2.12. The first-order valence-electron chi connectivity index (χ1n) is 5.90. The maximum absolute atomic E-state index is 13.5. The van der Waals surface area contributed by atoms with Gasteiger partial charge in [-0.25, -0.2) is 13.8 Å². The second-order valence-corrected chi connectivity index (χ2v) is 5.30. The number of anilines is 1. The van der Waals surface area contributed by atoms with Crippen molar-refractivity contribution in [3.8, 4) is 0 Å². The van der Waals surface area contributed by atoms with Gasteiger partial charge in [0.25, 0.3) is 0 Å². The molecule has 0 saturated heterocycles. The van der Waals surface area contributed by atoms with Crippen LogP contribution in [0.25, 0.3) is 11.0 Å². The van der Waals surface area contributed by atoms with E-state index in [-0.39, 0.29) is 11.8 Å². The van der Waals surface area contributed by atoms with Crippen molar-refractivity contribution < 1.29 is 8.78 Å². The van der Waals surface area contributed by atoms with Crippen molar-refractivity contribution in [2.45, 2.75) is 6.54 Å². The van der Waals surface area contributed by atoms with Crippen LogP contribution in [0.4, 0.5) is 14.7 Å². The van der Waals surface area contributed by atoms with Crippen LogP contribution in [-0.4, -0.2) is 9.55 Å². The number of rotatable bonds is 2. The van der Waals surface area contributed by atoms with Gasteiger partial charge in [-0.05, 0) is 39.7 Å². The first-order valence-corrected chi connectivity index (χ1v) is 6.69. The van der Waals surface area contributed by atoms with Crippen molar-refractivity contribution in [2.75, 3.05) is 5.73 Å². The minimum atomic E-state index is -0.395. The standard InChI is InChI=1S/C14H10BrF2N3/c15-10-5-13-12(6-11(10)17)19-14(18)20(13)7-8-2-1-3-9(16)4-8/h1-6H,7H2,(H2,18,19). The lowest BCUT2D eigenvalue weighted by molar-refractivity contribution is 0.622. The Morgan fingerprint density at radius 2 is 2.00 bits per heavy atom. The van der Waals surface area contributed by atoms with E-state index in [4.69, 9.17) is 5.73 Å². The van der Waals surface area contributed by atoms with Gasteiger partial charge in [0.2, 0.25) is 5.95 Å². The van der Waals surface area contributed by atoms with Crippen LogP contribution in [0.5, 0.6) is 0 Å². The van der Waals surface area contributed by atoms with Gasteiger partial charge in [0, 0.05) is 6.07 Å². The van der Waals surface area contributed by atoms with Gasteiger partial charge in [0.15, 0.2) is 0 Å². The number of fused-ring (bicyclic) bond motifs is 1. The maximum Gasteiger partial charge on any atom is 0.201 e. The van der Waals surface area contributed by atoms with E-state index in [1.807, 2.05) is 0 Å². The molecule has 0 aliphatic rings. The van der Waals surface area contributed by atoms with Crippen LogP contribution in [0.2, 0.25) is 0 Å². The van der Waals surface area contributed by atoms with E-state index in [1.54, 1.807) is 22.8 Å². The van der Waals surface area contributed by atoms with Gasteiger partial charge in [0.1, 0.15) is 11.6 Å². The van der Waals surface area contributed by atoms with E-state index in [9.17, 15) is 8.78 Å². The first-order chi connectivity index (χ1) is 9.54. The molecule has 1 heterocycles. The fraction of sp³-hybridized carbons (Fsp3) is 0.0714. The highest BCUT2D eigenvalue weighted by Crippen LogP contribution is 2.25. The number of aromatic nitrogens is 2. The second-order valence-electron chi connectivity index (χ2n) is 4.44. The van der Waals surface area contributed by atoms with E-state index in [0.717, 1.165) is 5.56 Å². The van der Waals surface area contributed by atoms with Crippen LogP contribution in [0.3, 0.4) is 0 Å². The molecule has 0 bridgehead atoms. The molecule has 2 aromatic carbocycles. The number of imidazole rings is 1. The van der Waals surface area contributed by atoms with E-state index in [0.29, 0.717) is 22.1 Å². The van der Waals surface area contributed by atoms with Crippen molar-refractivity contribution in [1.29, 1.82) is 0 Å². The number of nitrogens with zero attached hydrogens (tertiary/aromatic N) is 2. The van der Waals surface area contributed by atoms with Gasteiger partial charge < -0.3 is 10.3 Å². The number of benzene rings is 2. The summed E-state index contributed by atoms with van der Waals surface area (Å²) in [6.07, 6.45) is 0. The predicted octanol–water partition coefficient (Wildman–Crippen LogP) is 3.71. The SMILES string of the molecule is Nc1nc2cc(F)c(Br)cc2n1Cc1cccc(F)c1. The van der Waals surface area contributed by atoms with Crippen LogP contribution in [0, 0.1) is 11.6 Å². The average molecular weight is 338 g/mol. The Morgan fingerprint density at radius 3 is 2.75 bits per heavy atom. The number of nitrogens with two attached hydrogens (primary N) is 1. The molecule has 102 valence electrons. The Morgan fingerprint density at radius 1 is 1.20 bits per heavy atom. The van der Waals surface area contributed by atoms with E-state index >= 15 is 0 Å². The summed E-state index contributed by atoms with van der Waals surface area (Å²) < 4.78 is 28.8. The highest BCUT2D eigenvalue weighted by molar-refractivity contribution is 9.10. The van der Waals surface area contributed by atoms with Crippen molar-refractivity contribution in [2.24, 2.45) is 0 Å². The lowest BCUT2D eigenvalue weighted by Gasteiger charge is -2.07. The Hall–Kier alpha value is -1.95. The van der Waals surface area contributed by atoms with Crippen molar-refractivity contribution in [3.63, 3.8) is 0 Å². The minimum absolute atomic E-state index is 0.266. The molecule has 0 atom stereocenters. The largest absolute Gasteiger partial charge is 0.369 e. The number of nitrogen functional groups attached to an aromatic ring is 1. The van der Waals surface area contributed by atoms with Crippen LogP contribution in [0.1, 0.15) is 5.56 Å². The molecule has 2 N–H and O–H groups in total. The van der Waals surface area contributed by atoms with E-state index in [1.165, 1.54) is 18.2 Å². The Labute approximate surface area is 122 Å². The van der Waals surface area contributed by atoms with Crippen LogP contribution >= 0.6 is 15.9 Å². The molecular weight excluding hydrogens is 328 g/mol. The molecule has 3 rings (SSSR count). The normalized spacial score (nSPS) is 11.2. The predicted molar refractivity (Wildman–Crippen MR) is 77.3 cm³/mol. The summed E-state index contributed by atoms with van der Waals surface area (Å²) in [5.74, 6) is -0.438. The average Bonchev–Trinajstić information content (AvgIpc) is 2.67. The smallest absolute Gasteiger partial charge is 0.201 e. The van der Waals surface area contributed by atoms with Crippen LogP contribution < -0.4 is 5.73 Å². The molecule has 0 radical (unpaired) electrons. The third-order valence-corrected chi connectivity index (χ3v) is 3.66. The molecule has 0 fully saturated rings. The van der Waals surface area contributed by atoms with Crippen LogP contribution in [-0.2, 0) is 6.54 Å². The summed E-state index contributed by atoms with van der Waals surface area (Å²) in [7, 11) is 0. The maximum atomic E-state index is 13.5. The number of hydrogen-bond donors (Lipinski definition) is 1. The van der Waals surface area contributed by atoms with E-state index < -0.39 is 5.82 Å². The summed E-state index contributed by atoms with van der Waals surface area (Å²) >= 11 is 3.14. The molecule has 0 amide bonds. The van der Waals surface area contributed by atoms with Gasteiger partial charge in [-0.2, -0.15) is 0 Å². The zero-order valence-corrected chi connectivity index (χ0v) is 11.9. The van der Waals surface area contributed by atoms with Gasteiger partial charge in [-0.15, -0.1) is 0 Å². The molecule has 3 nitrogen and oxygen atoms in total. The molecule has 3 aromatic rings. The Balaban J connectivity index is 2.11. The summed E-state index contributed by atoms with van der Waals surface area (Å²) in [5, 5.41) is 0. The fourth-order valence-corrected chi connectivity index (χ4v) is 2.45. The number of halogens is 3. The molecule has 20 heavy (non-hydrogen) atoms. The van der Waals surface area contributed by atoms with Crippen molar-refractivity contribution in [3.05, 3.63) is 58.1 Å². The summed E-state index contributed by atoms with van der Waals surface area (Å²) in [4.78, 5) is 4.12. The Bertz CT molecular complexity index is 798. The van der Waals surface area contributed by atoms with Crippen molar-refractivity contribution >= 4 is 32.9 Å². The number of hydrogen-bond acceptors (Lipinski definition) is 2. The lowest BCUT2D eigenvalue weighted by atomic mass is 10.2. The molecule has 6 heteroatoms. The van der Waals surface area contributed by atoms with Gasteiger partial charge in [-0.3, -0.25) is 0 Å². The van der Waals surface area contributed by atoms with Gasteiger partial charge in [0.05, 0.1) is 22.1 Å². The zero-order chi connectivity index (χ0) is 14.3. The molecular formula is C14H10BrF2N3. The van der Waals surface area contributed by atoms with Crippen molar-refractivity contribution in [1.82, 2.24) is 9.55 Å². The van der Waals surface area contributed by atoms with Gasteiger partial charge >= 0.3 is 0 Å². The highest BCUT2D eigenvalue weighted by Gasteiger charge is 2.12. The lowest BCUT2D eigenvalue weighted by Crippen LogP contribution is -2.04. The van der Waals surface area contributed by atoms with E-state index in [2.05, 4.69) is 20.9 Å². The molecule has 0 saturated carbocycles. The summed E-state index contributed by atoms with van der Waals surface area (Å²) in [6.45, 7) is 0.373. The highest BCUT2D eigenvalue weighted by atomic mass is 79.9. The first kappa shape index (κ1) is 13.1. The monoisotopic (exact) mass is 337 g/mol. The molecule has 0 aliphatic heterocycles. The molecule has 0 spiro atoms. The zero-order valence-electron chi connectivity index (χ0n) is 10.3. The quantitative estimate of drug-likeness (QED) is 0.774. The third kappa shape index (κ3) is 2.27. The Kier molecular flexibility index (Phi) is 3.17. The third-order valence-electron chi connectivity index (χ3n) is 3.05. The molecule has 0 aliphatic carbocycles. The molecule has 1 aromatic heterocycles. The second kappa shape index (κ2) is 4.86. The topological polar surface area (TPSA) is 43.8 Å².